The van der Waals surface area contributed by atoms with Crippen LogP contribution in [-0.4, -0.2) is 11.0 Å². The van der Waals surface area contributed by atoms with Gasteiger partial charge >= 0.3 is 0 Å². The standard InChI is InChI=1S/C17H21NO2/c1-3-14-15(12(2)19)10-7-11-16(14)17(20)18-13-8-5-4-6-9-13/h3-6,8-9,16,19H,7,10-11H2,1-2H3,(H,18,20)/b14-3?,15-12+. The smallest absolute Gasteiger partial charge is 0.231 e. The van der Waals surface area contributed by atoms with E-state index in [2.05, 4.69) is 5.32 Å². The minimum absolute atomic E-state index is 0.00255. The van der Waals surface area contributed by atoms with Crippen LogP contribution in [-0.2, 0) is 4.79 Å². The van der Waals surface area contributed by atoms with E-state index in [4.69, 9.17) is 0 Å². The number of nitrogens with one attached hydrogen (secondary N) is 1. The Kier molecular flexibility index (Phi) is 4.61. The molecule has 0 aliphatic heterocycles. The van der Waals surface area contributed by atoms with Crippen LogP contribution in [0, 0.1) is 5.92 Å². The predicted molar refractivity (Wildman–Crippen MR) is 81.5 cm³/mol. The minimum atomic E-state index is -0.175. The molecule has 3 heteroatoms. The third-order valence-electron chi connectivity index (χ3n) is 3.75. The van der Waals surface area contributed by atoms with E-state index in [9.17, 15) is 9.90 Å². The van der Waals surface area contributed by atoms with Crippen LogP contribution < -0.4 is 5.32 Å². The Morgan fingerprint density at radius 2 is 2.05 bits per heavy atom. The van der Waals surface area contributed by atoms with Crippen LogP contribution in [0.5, 0.6) is 0 Å². The largest absolute Gasteiger partial charge is 0.512 e. The van der Waals surface area contributed by atoms with Crippen LogP contribution >= 0.6 is 0 Å². The van der Waals surface area contributed by atoms with Gasteiger partial charge in [-0.2, -0.15) is 0 Å². The number of carbonyl (C=O) groups excluding carboxylic acids is 1. The number of para-hydroxylation sites is 1. The van der Waals surface area contributed by atoms with Gasteiger partial charge in [-0.25, -0.2) is 0 Å². The molecule has 0 heterocycles. The number of benzene rings is 1. The lowest BCUT2D eigenvalue weighted by Crippen LogP contribution is -2.28. The molecule has 1 aliphatic carbocycles. The number of amides is 1. The van der Waals surface area contributed by atoms with E-state index in [0.717, 1.165) is 36.1 Å². The molecular weight excluding hydrogens is 250 g/mol. The SMILES string of the molecule is CC=C1/C(=C(\C)O)CCCC1C(=O)Nc1ccccc1. The zero-order valence-electron chi connectivity index (χ0n) is 12.0. The predicted octanol–water partition coefficient (Wildman–Crippen LogP) is 4.20. The normalized spacial score (nSPS) is 23.5. The van der Waals surface area contributed by atoms with Gasteiger partial charge in [0.15, 0.2) is 0 Å². The Balaban J connectivity index is 2.19. The summed E-state index contributed by atoms with van der Waals surface area (Å²) < 4.78 is 0. The number of anilines is 1. The molecule has 1 fully saturated rings. The maximum absolute atomic E-state index is 12.4. The fourth-order valence-corrected chi connectivity index (χ4v) is 2.78. The van der Waals surface area contributed by atoms with Crippen molar-refractivity contribution in [3.8, 4) is 0 Å². The van der Waals surface area contributed by atoms with Crippen molar-refractivity contribution in [2.75, 3.05) is 5.32 Å². The molecular formula is C17H21NO2. The number of rotatable bonds is 2. The van der Waals surface area contributed by atoms with Gasteiger partial charge in [0.25, 0.3) is 0 Å². The molecule has 1 amide bonds. The summed E-state index contributed by atoms with van der Waals surface area (Å²) in [5.41, 5.74) is 2.70. The highest BCUT2D eigenvalue weighted by Gasteiger charge is 2.29. The highest BCUT2D eigenvalue weighted by Crippen LogP contribution is 2.36. The van der Waals surface area contributed by atoms with Gasteiger partial charge in [-0.15, -0.1) is 0 Å². The maximum atomic E-state index is 12.4. The molecule has 0 spiro atoms. The molecule has 0 radical (unpaired) electrons. The van der Waals surface area contributed by atoms with Gasteiger partial charge in [-0.3, -0.25) is 4.79 Å². The molecule has 1 atom stereocenters. The maximum Gasteiger partial charge on any atom is 0.231 e. The Labute approximate surface area is 120 Å². The summed E-state index contributed by atoms with van der Waals surface area (Å²) in [6.45, 7) is 3.61. The van der Waals surface area contributed by atoms with Gasteiger partial charge in [0.1, 0.15) is 0 Å². The van der Waals surface area contributed by atoms with Crippen LogP contribution in [0.4, 0.5) is 5.69 Å². The Morgan fingerprint density at radius 1 is 1.35 bits per heavy atom. The lowest BCUT2D eigenvalue weighted by Gasteiger charge is -2.27. The summed E-state index contributed by atoms with van der Waals surface area (Å²) in [5, 5.41) is 12.7. The Morgan fingerprint density at radius 3 is 2.65 bits per heavy atom. The summed E-state index contributed by atoms with van der Waals surface area (Å²) in [6.07, 6.45) is 4.55. The zero-order chi connectivity index (χ0) is 14.5. The molecule has 1 saturated carbocycles. The third kappa shape index (κ3) is 3.10. The van der Waals surface area contributed by atoms with Gasteiger partial charge in [-0.05, 0) is 56.4 Å². The second kappa shape index (κ2) is 6.42. The lowest BCUT2D eigenvalue weighted by atomic mass is 9.79. The summed E-state index contributed by atoms with van der Waals surface area (Å²) in [6, 6.07) is 9.48. The van der Waals surface area contributed by atoms with Crippen molar-refractivity contribution >= 4 is 11.6 Å². The molecule has 0 saturated heterocycles. The molecule has 1 aromatic rings. The van der Waals surface area contributed by atoms with Crippen LogP contribution in [0.3, 0.4) is 0 Å². The fourth-order valence-electron chi connectivity index (χ4n) is 2.78. The number of carbonyl (C=O) groups is 1. The molecule has 2 N–H and O–H groups in total. The highest BCUT2D eigenvalue weighted by atomic mass is 16.3. The van der Waals surface area contributed by atoms with Crippen molar-refractivity contribution in [2.45, 2.75) is 33.1 Å². The molecule has 1 unspecified atom stereocenters. The zero-order valence-corrected chi connectivity index (χ0v) is 12.0. The average Bonchev–Trinajstić information content (AvgIpc) is 2.47. The first-order valence-corrected chi connectivity index (χ1v) is 7.04. The molecule has 1 aromatic carbocycles. The summed E-state index contributed by atoms with van der Waals surface area (Å²) in [4.78, 5) is 12.4. The van der Waals surface area contributed by atoms with E-state index in [1.165, 1.54) is 0 Å². The summed E-state index contributed by atoms with van der Waals surface area (Å²) in [7, 11) is 0. The monoisotopic (exact) mass is 271 g/mol. The molecule has 0 aromatic heterocycles. The van der Waals surface area contributed by atoms with E-state index in [1.54, 1.807) is 6.92 Å². The summed E-state index contributed by atoms with van der Waals surface area (Å²) in [5.74, 6) is 0.157. The topological polar surface area (TPSA) is 49.3 Å². The molecule has 0 bridgehead atoms. The van der Waals surface area contributed by atoms with Gasteiger partial charge < -0.3 is 10.4 Å². The van der Waals surface area contributed by atoms with Crippen molar-refractivity contribution in [1.82, 2.24) is 0 Å². The quantitative estimate of drug-likeness (QED) is 0.792. The summed E-state index contributed by atoms with van der Waals surface area (Å²) >= 11 is 0. The van der Waals surface area contributed by atoms with Crippen molar-refractivity contribution in [3.05, 3.63) is 53.3 Å². The van der Waals surface area contributed by atoms with E-state index in [0.29, 0.717) is 5.76 Å². The highest BCUT2D eigenvalue weighted by molar-refractivity contribution is 5.95. The lowest BCUT2D eigenvalue weighted by molar-refractivity contribution is -0.119. The van der Waals surface area contributed by atoms with Crippen molar-refractivity contribution in [3.63, 3.8) is 0 Å². The number of hydrogen-bond donors (Lipinski definition) is 2. The first-order chi connectivity index (χ1) is 9.63. The van der Waals surface area contributed by atoms with E-state index in [-0.39, 0.29) is 11.8 Å². The first kappa shape index (κ1) is 14.4. The Bertz CT molecular complexity index is 539. The Hall–Kier alpha value is -2.03. The van der Waals surface area contributed by atoms with Gasteiger partial charge in [-0.1, -0.05) is 24.3 Å². The van der Waals surface area contributed by atoms with Crippen LogP contribution in [0.25, 0.3) is 0 Å². The van der Waals surface area contributed by atoms with Gasteiger partial charge in [0.05, 0.1) is 11.7 Å². The van der Waals surface area contributed by atoms with E-state index < -0.39 is 0 Å². The van der Waals surface area contributed by atoms with Crippen LogP contribution in [0.1, 0.15) is 33.1 Å². The minimum Gasteiger partial charge on any atom is -0.512 e. The number of hydrogen-bond acceptors (Lipinski definition) is 2. The van der Waals surface area contributed by atoms with E-state index >= 15 is 0 Å². The van der Waals surface area contributed by atoms with Crippen molar-refractivity contribution in [2.24, 2.45) is 5.92 Å². The first-order valence-electron chi connectivity index (χ1n) is 7.04. The molecule has 106 valence electrons. The van der Waals surface area contributed by atoms with E-state index in [1.807, 2.05) is 43.3 Å². The van der Waals surface area contributed by atoms with Crippen molar-refractivity contribution in [1.29, 1.82) is 0 Å². The average molecular weight is 271 g/mol. The second-order valence-electron chi connectivity index (χ2n) is 5.11. The second-order valence-corrected chi connectivity index (χ2v) is 5.11. The number of allylic oxidation sites excluding steroid dienone is 3. The van der Waals surface area contributed by atoms with Crippen LogP contribution in [0.2, 0.25) is 0 Å². The third-order valence-corrected chi connectivity index (χ3v) is 3.75. The molecule has 2 rings (SSSR count). The molecule has 20 heavy (non-hydrogen) atoms. The van der Waals surface area contributed by atoms with Crippen LogP contribution in [0.15, 0.2) is 53.3 Å². The number of aliphatic hydroxyl groups is 1. The number of aliphatic hydroxyl groups excluding tert-OH is 1. The fraction of sp³-hybridized carbons (Fsp3) is 0.353. The molecule has 1 aliphatic rings. The molecule has 3 nitrogen and oxygen atoms in total. The van der Waals surface area contributed by atoms with Crippen molar-refractivity contribution < 1.29 is 9.90 Å². The van der Waals surface area contributed by atoms with Gasteiger partial charge in [0, 0.05) is 5.69 Å². The van der Waals surface area contributed by atoms with Gasteiger partial charge in [0.2, 0.25) is 5.91 Å².